The number of hydrogen-bond acceptors (Lipinski definition) is 3. The number of allylic oxidation sites excluding steroid dienone is 2. The Kier molecular flexibility index (Phi) is 1.96. The predicted molar refractivity (Wildman–Crippen MR) is 47.9 cm³/mol. The van der Waals surface area contributed by atoms with Crippen LogP contribution in [0.25, 0.3) is 0 Å². The van der Waals surface area contributed by atoms with Crippen molar-refractivity contribution in [1.29, 1.82) is 0 Å². The van der Waals surface area contributed by atoms with Crippen molar-refractivity contribution in [3.63, 3.8) is 0 Å². The second-order valence-corrected chi connectivity index (χ2v) is 2.98. The SMILES string of the molecule is OCCN1N=CC2=CC=CCC21. The van der Waals surface area contributed by atoms with Gasteiger partial charge in [-0.3, -0.25) is 5.01 Å². The quantitative estimate of drug-likeness (QED) is 0.646. The maximum absolute atomic E-state index is 8.76. The van der Waals surface area contributed by atoms with E-state index in [4.69, 9.17) is 5.11 Å². The van der Waals surface area contributed by atoms with Gasteiger partial charge in [0.1, 0.15) is 0 Å². The van der Waals surface area contributed by atoms with Crippen molar-refractivity contribution in [2.75, 3.05) is 13.2 Å². The van der Waals surface area contributed by atoms with Crippen molar-refractivity contribution in [2.45, 2.75) is 12.5 Å². The number of rotatable bonds is 2. The van der Waals surface area contributed by atoms with Gasteiger partial charge in [-0.05, 0) is 12.0 Å². The highest BCUT2D eigenvalue weighted by atomic mass is 16.3. The molecule has 0 aromatic carbocycles. The van der Waals surface area contributed by atoms with Crippen LogP contribution in [0.4, 0.5) is 0 Å². The van der Waals surface area contributed by atoms with Crippen molar-refractivity contribution in [1.82, 2.24) is 5.01 Å². The third kappa shape index (κ3) is 1.16. The Bertz CT molecular complexity index is 255. The van der Waals surface area contributed by atoms with Crippen LogP contribution in [0, 0.1) is 0 Å². The third-order valence-electron chi connectivity index (χ3n) is 2.21. The van der Waals surface area contributed by atoms with Crippen LogP contribution in [0.15, 0.2) is 28.9 Å². The number of hydrazone groups is 1. The van der Waals surface area contributed by atoms with E-state index in [9.17, 15) is 0 Å². The van der Waals surface area contributed by atoms with Crippen LogP contribution < -0.4 is 0 Å². The molecule has 1 unspecified atom stereocenters. The van der Waals surface area contributed by atoms with E-state index in [1.807, 2.05) is 11.2 Å². The minimum absolute atomic E-state index is 0.171. The lowest BCUT2D eigenvalue weighted by atomic mass is 10.0. The molecule has 64 valence electrons. The van der Waals surface area contributed by atoms with Crippen LogP contribution >= 0.6 is 0 Å². The molecule has 0 spiro atoms. The molecule has 3 heteroatoms. The lowest BCUT2D eigenvalue weighted by Crippen LogP contribution is -2.30. The second-order valence-electron chi connectivity index (χ2n) is 2.98. The molecule has 1 atom stereocenters. The van der Waals surface area contributed by atoms with E-state index in [2.05, 4.69) is 23.3 Å². The average molecular weight is 164 g/mol. The number of aliphatic hydroxyl groups is 1. The molecule has 0 radical (unpaired) electrons. The minimum Gasteiger partial charge on any atom is -0.394 e. The van der Waals surface area contributed by atoms with Crippen molar-refractivity contribution in [3.05, 3.63) is 23.8 Å². The van der Waals surface area contributed by atoms with Crippen LogP contribution in [0.5, 0.6) is 0 Å². The van der Waals surface area contributed by atoms with Crippen LogP contribution in [-0.2, 0) is 0 Å². The third-order valence-corrected chi connectivity index (χ3v) is 2.21. The summed E-state index contributed by atoms with van der Waals surface area (Å²) >= 11 is 0. The summed E-state index contributed by atoms with van der Waals surface area (Å²) in [5, 5.41) is 14.9. The molecule has 1 aliphatic heterocycles. The van der Waals surface area contributed by atoms with Gasteiger partial charge in [0.2, 0.25) is 0 Å². The van der Waals surface area contributed by atoms with Gasteiger partial charge in [0, 0.05) is 0 Å². The first-order valence-electron chi connectivity index (χ1n) is 4.20. The first kappa shape index (κ1) is 7.55. The van der Waals surface area contributed by atoms with Crippen molar-refractivity contribution < 1.29 is 5.11 Å². The highest BCUT2D eigenvalue weighted by molar-refractivity contribution is 5.83. The topological polar surface area (TPSA) is 35.8 Å². The Balaban J connectivity index is 2.10. The lowest BCUT2D eigenvalue weighted by molar-refractivity contribution is 0.182. The first-order chi connectivity index (χ1) is 5.92. The zero-order valence-corrected chi connectivity index (χ0v) is 6.85. The van der Waals surface area contributed by atoms with Crippen molar-refractivity contribution in [3.8, 4) is 0 Å². The summed E-state index contributed by atoms with van der Waals surface area (Å²) < 4.78 is 0. The van der Waals surface area contributed by atoms with Crippen molar-refractivity contribution in [2.24, 2.45) is 5.10 Å². The van der Waals surface area contributed by atoms with Crippen LogP contribution in [0.3, 0.4) is 0 Å². The fourth-order valence-electron chi connectivity index (χ4n) is 1.59. The molecule has 0 amide bonds. The van der Waals surface area contributed by atoms with Crippen LogP contribution in [0.1, 0.15) is 6.42 Å². The molecule has 1 aliphatic carbocycles. The highest BCUT2D eigenvalue weighted by Gasteiger charge is 2.24. The molecule has 0 aromatic rings. The lowest BCUT2D eigenvalue weighted by Gasteiger charge is -2.23. The summed E-state index contributed by atoms with van der Waals surface area (Å²) in [5.74, 6) is 0. The van der Waals surface area contributed by atoms with Crippen LogP contribution in [-0.4, -0.2) is 35.5 Å². The number of hydrogen-bond donors (Lipinski definition) is 1. The molecule has 12 heavy (non-hydrogen) atoms. The number of fused-ring (bicyclic) bond motifs is 1. The van der Waals surface area contributed by atoms with E-state index in [0.29, 0.717) is 12.6 Å². The molecule has 0 aromatic heterocycles. The molecule has 1 heterocycles. The van der Waals surface area contributed by atoms with Gasteiger partial charge in [-0.15, -0.1) is 0 Å². The standard InChI is InChI=1S/C9H12N2O/c12-6-5-11-9-4-2-1-3-8(9)7-10-11/h1-3,7,9,12H,4-6H2. The zero-order chi connectivity index (χ0) is 8.39. The number of aliphatic hydroxyl groups excluding tert-OH is 1. The van der Waals surface area contributed by atoms with E-state index in [1.54, 1.807) is 0 Å². The molecule has 3 nitrogen and oxygen atoms in total. The molecule has 1 N–H and O–H groups in total. The molecule has 0 saturated carbocycles. The van der Waals surface area contributed by atoms with Gasteiger partial charge in [0.05, 0.1) is 25.4 Å². The maximum Gasteiger partial charge on any atom is 0.0770 e. The molecular formula is C9H12N2O. The van der Waals surface area contributed by atoms with Gasteiger partial charge >= 0.3 is 0 Å². The summed E-state index contributed by atoms with van der Waals surface area (Å²) in [6, 6.07) is 0.377. The summed E-state index contributed by atoms with van der Waals surface area (Å²) in [6.07, 6.45) is 9.15. The number of β-amino-alcohol motifs (C(OH)–C–C–N with tert-alkyl or cyclic N) is 1. The van der Waals surface area contributed by atoms with E-state index < -0.39 is 0 Å². The molecule has 2 aliphatic rings. The Morgan fingerprint density at radius 2 is 2.58 bits per heavy atom. The highest BCUT2D eigenvalue weighted by Crippen LogP contribution is 2.22. The predicted octanol–water partition coefficient (Wildman–Crippen LogP) is 0.535. The normalized spacial score (nSPS) is 25.9. The maximum atomic E-state index is 8.76. The van der Waals surface area contributed by atoms with Gasteiger partial charge in [0.15, 0.2) is 0 Å². The van der Waals surface area contributed by atoms with Crippen molar-refractivity contribution >= 4 is 6.21 Å². The fourth-order valence-corrected chi connectivity index (χ4v) is 1.59. The van der Waals surface area contributed by atoms with Gasteiger partial charge in [-0.25, -0.2) is 0 Å². The summed E-state index contributed by atoms with van der Waals surface area (Å²) in [4.78, 5) is 0. The minimum atomic E-state index is 0.171. The molecule has 0 bridgehead atoms. The van der Waals surface area contributed by atoms with Gasteiger partial charge in [-0.1, -0.05) is 18.2 Å². The largest absolute Gasteiger partial charge is 0.394 e. The van der Waals surface area contributed by atoms with E-state index in [-0.39, 0.29) is 6.61 Å². The van der Waals surface area contributed by atoms with Gasteiger partial charge in [-0.2, -0.15) is 5.10 Å². The van der Waals surface area contributed by atoms with Crippen LogP contribution in [0.2, 0.25) is 0 Å². The van der Waals surface area contributed by atoms with E-state index >= 15 is 0 Å². The zero-order valence-electron chi connectivity index (χ0n) is 6.85. The van der Waals surface area contributed by atoms with E-state index in [1.165, 1.54) is 5.57 Å². The van der Waals surface area contributed by atoms with Gasteiger partial charge < -0.3 is 5.11 Å². The Labute approximate surface area is 71.7 Å². The molecule has 0 fully saturated rings. The molecular weight excluding hydrogens is 152 g/mol. The number of nitrogens with zero attached hydrogens (tertiary/aromatic N) is 2. The Morgan fingerprint density at radius 3 is 3.42 bits per heavy atom. The smallest absolute Gasteiger partial charge is 0.0770 e. The van der Waals surface area contributed by atoms with Gasteiger partial charge in [0.25, 0.3) is 0 Å². The monoisotopic (exact) mass is 164 g/mol. The molecule has 2 rings (SSSR count). The molecule has 0 saturated heterocycles. The summed E-state index contributed by atoms with van der Waals surface area (Å²) in [7, 11) is 0. The summed E-state index contributed by atoms with van der Waals surface area (Å²) in [5.41, 5.74) is 1.26. The van der Waals surface area contributed by atoms with E-state index in [0.717, 1.165) is 6.42 Å². The Hall–Kier alpha value is -1.09. The summed E-state index contributed by atoms with van der Waals surface area (Å²) in [6.45, 7) is 0.803. The average Bonchev–Trinajstić information content (AvgIpc) is 2.50. The second kappa shape index (κ2) is 3.11. The first-order valence-corrected chi connectivity index (χ1v) is 4.20. The Morgan fingerprint density at radius 1 is 1.67 bits per heavy atom. The fraction of sp³-hybridized carbons (Fsp3) is 0.444.